The predicted molar refractivity (Wildman–Crippen MR) is 123 cm³/mol. The van der Waals surface area contributed by atoms with Gasteiger partial charge in [-0.3, -0.25) is 19.3 Å². The number of halogens is 1. The highest BCUT2D eigenvalue weighted by molar-refractivity contribution is 6.01. The molecular formula is C24H29FN4O5. The van der Waals surface area contributed by atoms with Crippen molar-refractivity contribution in [1.82, 2.24) is 9.80 Å². The van der Waals surface area contributed by atoms with Crippen LogP contribution in [0.3, 0.4) is 0 Å². The zero-order valence-corrected chi connectivity index (χ0v) is 18.9. The van der Waals surface area contributed by atoms with Crippen LogP contribution in [0.2, 0.25) is 0 Å². The van der Waals surface area contributed by atoms with Crippen LogP contribution in [-0.4, -0.2) is 73.0 Å². The van der Waals surface area contributed by atoms with Crippen molar-refractivity contribution >= 4 is 29.1 Å². The highest BCUT2D eigenvalue weighted by Crippen LogP contribution is 2.24. The summed E-state index contributed by atoms with van der Waals surface area (Å²) in [6.07, 6.45) is 3.77. The summed E-state index contributed by atoms with van der Waals surface area (Å²) in [5.41, 5.74) is 0.336. The minimum Gasteiger partial charge on any atom is -0.459 e. The third kappa shape index (κ3) is 6.00. The highest BCUT2D eigenvalue weighted by Gasteiger charge is 2.33. The molecule has 2 aromatic rings. The third-order valence-corrected chi connectivity index (χ3v) is 6.07. The van der Waals surface area contributed by atoms with Gasteiger partial charge in [0.2, 0.25) is 11.8 Å². The number of morpholine rings is 1. The Kier molecular flexibility index (Phi) is 7.91. The maximum atomic E-state index is 14.3. The van der Waals surface area contributed by atoms with Gasteiger partial charge in [0.1, 0.15) is 11.9 Å². The number of hydrogen-bond acceptors (Lipinski definition) is 6. The summed E-state index contributed by atoms with van der Waals surface area (Å²) >= 11 is 0. The fourth-order valence-corrected chi connectivity index (χ4v) is 4.21. The summed E-state index contributed by atoms with van der Waals surface area (Å²) in [6, 6.07) is 6.55. The Morgan fingerprint density at radius 2 is 1.88 bits per heavy atom. The molecular weight excluding hydrogens is 443 g/mol. The maximum absolute atomic E-state index is 14.3. The minimum absolute atomic E-state index is 0.00283. The zero-order valence-electron chi connectivity index (χ0n) is 18.9. The number of likely N-dealkylation sites (tertiary alicyclic amines) is 1. The number of carbonyl (C=O) groups excluding carboxylic acids is 3. The van der Waals surface area contributed by atoms with Crippen molar-refractivity contribution < 1.29 is 27.9 Å². The van der Waals surface area contributed by atoms with Crippen LogP contribution < -0.4 is 10.6 Å². The molecule has 0 radical (unpaired) electrons. The predicted octanol–water partition coefficient (Wildman–Crippen LogP) is 2.71. The molecule has 1 aromatic carbocycles. The molecule has 2 N–H and O–H groups in total. The molecule has 34 heavy (non-hydrogen) atoms. The number of piperidine rings is 1. The molecule has 1 atom stereocenters. The molecule has 0 saturated carbocycles. The molecule has 1 unspecified atom stereocenters. The quantitative estimate of drug-likeness (QED) is 0.642. The second kappa shape index (κ2) is 11.3. The van der Waals surface area contributed by atoms with Gasteiger partial charge in [0, 0.05) is 38.3 Å². The summed E-state index contributed by atoms with van der Waals surface area (Å²) in [7, 11) is 0. The van der Waals surface area contributed by atoms with Crippen molar-refractivity contribution in [2.45, 2.75) is 31.7 Å². The number of benzene rings is 1. The number of amides is 3. The van der Waals surface area contributed by atoms with Crippen molar-refractivity contribution in [3.8, 4) is 0 Å². The van der Waals surface area contributed by atoms with E-state index >= 15 is 0 Å². The second-order valence-corrected chi connectivity index (χ2v) is 8.42. The minimum atomic E-state index is -0.664. The van der Waals surface area contributed by atoms with E-state index < -0.39 is 11.9 Å². The van der Waals surface area contributed by atoms with Gasteiger partial charge in [0.05, 0.1) is 25.2 Å². The molecule has 3 amide bonds. The van der Waals surface area contributed by atoms with E-state index in [0.717, 1.165) is 25.9 Å². The molecule has 1 aromatic heterocycles. The number of furan rings is 1. The summed E-state index contributed by atoms with van der Waals surface area (Å²) < 4.78 is 24.8. The van der Waals surface area contributed by atoms with Crippen LogP contribution in [0.25, 0.3) is 0 Å². The van der Waals surface area contributed by atoms with Gasteiger partial charge in [-0.25, -0.2) is 4.39 Å². The monoisotopic (exact) mass is 472 g/mol. The molecule has 3 heterocycles. The topological polar surface area (TPSA) is 104 Å². The van der Waals surface area contributed by atoms with E-state index in [0.29, 0.717) is 38.4 Å². The van der Waals surface area contributed by atoms with Gasteiger partial charge >= 0.3 is 0 Å². The second-order valence-electron chi connectivity index (χ2n) is 8.42. The largest absolute Gasteiger partial charge is 0.459 e. The standard InChI is InChI=1S/C24H29FN4O5/c25-18-7-6-17(16-19(18)27-22(30)8-10-28-11-14-33-15-12-28)26-23(31)20-4-1-2-9-29(20)24(32)21-5-3-13-34-21/h3,5-7,13,16,20H,1-2,4,8-12,14-15H2,(H,26,31)(H,27,30). The SMILES string of the molecule is O=C(CCN1CCOCC1)Nc1cc(NC(=O)C2CCCCN2C(=O)c2ccco2)ccc1F. The molecule has 0 spiro atoms. The van der Waals surface area contributed by atoms with E-state index in [2.05, 4.69) is 15.5 Å². The molecule has 9 nitrogen and oxygen atoms in total. The zero-order chi connectivity index (χ0) is 23.9. The van der Waals surface area contributed by atoms with Crippen molar-refractivity contribution in [3.05, 3.63) is 48.2 Å². The number of nitrogens with zero attached hydrogens (tertiary/aromatic N) is 2. The number of ether oxygens (including phenoxy) is 1. The Balaban J connectivity index is 1.37. The average molecular weight is 473 g/mol. The molecule has 2 aliphatic rings. The van der Waals surface area contributed by atoms with E-state index in [9.17, 15) is 18.8 Å². The first-order valence-corrected chi connectivity index (χ1v) is 11.6. The summed E-state index contributed by atoms with van der Waals surface area (Å²) in [6.45, 7) is 3.83. The van der Waals surface area contributed by atoms with Crippen LogP contribution in [0.4, 0.5) is 15.8 Å². The Bertz CT molecular complexity index is 1010. The Labute approximate surface area is 197 Å². The first-order chi connectivity index (χ1) is 16.5. The van der Waals surface area contributed by atoms with E-state index in [1.54, 1.807) is 12.1 Å². The number of rotatable bonds is 7. The molecule has 4 rings (SSSR count). The first-order valence-electron chi connectivity index (χ1n) is 11.6. The van der Waals surface area contributed by atoms with Gasteiger partial charge in [-0.2, -0.15) is 0 Å². The van der Waals surface area contributed by atoms with Gasteiger partial charge in [-0.15, -0.1) is 0 Å². The molecule has 10 heteroatoms. The van der Waals surface area contributed by atoms with E-state index in [-0.39, 0.29) is 35.6 Å². The van der Waals surface area contributed by atoms with Crippen molar-refractivity contribution in [1.29, 1.82) is 0 Å². The number of hydrogen-bond donors (Lipinski definition) is 2. The van der Waals surface area contributed by atoms with Gasteiger partial charge in [0.25, 0.3) is 5.91 Å². The first kappa shape index (κ1) is 23.9. The van der Waals surface area contributed by atoms with Gasteiger partial charge in [0.15, 0.2) is 5.76 Å². The summed E-state index contributed by atoms with van der Waals surface area (Å²) in [5.74, 6) is -1.42. The Morgan fingerprint density at radius 3 is 2.65 bits per heavy atom. The van der Waals surface area contributed by atoms with Crippen LogP contribution in [0.15, 0.2) is 41.0 Å². The van der Waals surface area contributed by atoms with Crippen molar-refractivity contribution in [3.63, 3.8) is 0 Å². The number of carbonyl (C=O) groups is 3. The fraction of sp³-hybridized carbons (Fsp3) is 0.458. The normalized spacial score (nSPS) is 19.0. The van der Waals surface area contributed by atoms with E-state index in [4.69, 9.17) is 9.15 Å². The lowest BCUT2D eigenvalue weighted by atomic mass is 10.0. The van der Waals surface area contributed by atoms with E-state index in [1.165, 1.54) is 29.4 Å². The fourth-order valence-electron chi connectivity index (χ4n) is 4.21. The third-order valence-electron chi connectivity index (χ3n) is 6.07. The lowest BCUT2D eigenvalue weighted by molar-refractivity contribution is -0.121. The van der Waals surface area contributed by atoms with Crippen LogP contribution in [0.1, 0.15) is 36.2 Å². The van der Waals surface area contributed by atoms with Gasteiger partial charge in [-0.1, -0.05) is 0 Å². The van der Waals surface area contributed by atoms with Crippen LogP contribution >= 0.6 is 0 Å². The number of nitrogens with one attached hydrogen (secondary N) is 2. The van der Waals surface area contributed by atoms with Crippen LogP contribution in [-0.2, 0) is 14.3 Å². The van der Waals surface area contributed by atoms with E-state index in [1.807, 2.05) is 0 Å². The Hall–Kier alpha value is -3.24. The average Bonchev–Trinajstić information content (AvgIpc) is 3.40. The lowest BCUT2D eigenvalue weighted by Crippen LogP contribution is -2.49. The molecule has 2 fully saturated rings. The smallest absolute Gasteiger partial charge is 0.290 e. The lowest BCUT2D eigenvalue weighted by Gasteiger charge is -2.34. The molecule has 0 bridgehead atoms. The van der Waals surface area contributed by atoms with Gasteiger partial charge in [-0.05, 0) is 49.6 Å². The summed E-state index contributed by atoms with van der Waals surface area (Å²) in [5, 5.41) is 5.35. The summed E-state index contributed by atoms with van der Waals surface area (Å²) in [4.78, 5) is 41.8. The number of anilines is 2. The van der Waals surface area contributed by atoms with Gasteiger partial charge < -0.3 is 24.7 Å². The Morgan fingerprint density at radius 1 is 1.06 bits per heavy atom. The molecule has 182 valence electrons. The molecule has 0 aliphatic carbocycles. The van der Waals surface area contributed by atoms with Crippen LogP contribution in [0, 0.1) is 5.82 Å². The maximum Gasteiger partial charge on any atom is 0.290 e. The van der Waals surface area contributed by atoms with Crippen molar-refractivity contribution in [2.24, 2.45) is 0 Å². The van der Waals surface area contributed by atoms with Crippen molar-refractivity contribution in [2.75, 3.05) is 50.0 Å². The van der Waals surface area contributed by atoms with Crippen LogP contribution in [0.5, 0.6) is 0 Å². The highest BCUT2D eigenvalue weighted by atomic mass is 19.1. The molecule has 2 aliphatic heterocycles. The molecule has 2 saturated heterocycles.